The van der Waals surface area contributed by atoms with E-state index < -0.39 is 0 Å². The smallest absolute Gasteiger partial charge is 0.0192 e. The predicted octanol–water partition coefficient (Wildman–Crippen LogP) is 6.45. The number of hydrogen-bond donors (Lipinski definition) is 0. The first-order valence-electron chi connectivity index (χ1n) is 6.89. The number of halogens is 2. The van der Waals surface area contributed by atoms with Crippen molar-refractivity contribution in [3.8, 4) is 22.3 Å². The molecule has 0 spiro atoms. The molecule has 0 amide bonds. The Morgan fingerprint density at radius 2 is 1.33 bits per heavy atom. The zero-order valence-electron chi connectivity index (χ0n) is 11.2. The molecular weight excluding hydrogens is 388 g/mol. The highest BCUT2D eigenvalue weighted by Crippen LogP contribution is 2.42. The van der Waals surface area contributed by atoms with Crippen LogP contribution in [0.5, 0.6) is 0 Å². The van der Waals surface area contributed by atoms with Gasteiger partial charge in [0.2, 0.25) is 0 Å². The van der Waals surface area contributed by atoms with Crippen LogP contribution < -0.4 is 0 Å². The molecule has 1 aliphatic rings. The molecule has 0 bridgehead atoms. The number of benzene rings is 3. The molecule has 0 aromatic heterocycles. The van der Waals surface area contributed by atoms with Crippen molar-refractivity contribution in [1.29, 1.82) is 0 Å². The molecule has 3 aromatic rings. The standard InChI is InChI=1S/C19H12Br2/c20-14-8-13(9-15(21)11-14)17-6-3-7-18-16-5-2-1-4-12(16)10-19(17)18/h1-9,11H,10H2. The van der Waals surface area contributed by atoms with Gasteiger partial charge in [-0.1, -0.05) is 74.3 Å². The van der Waals surface area contributed by atoms with E-state index in [1.54, 1.807) is 0 Å². The van der Waals surface area contributed by atoms with Crippen LogP contribution in [-0.2, 0) is 6.42 Å². The van der Waals surface area contributed by atoms with E-state index in [4.69, 9.17) is 0 Å². The Balaban J connectivity index is 1.94. The largest absolute Gasteiger partial charge is 0.0619 e. The Morgan fingerprint density at radius 1 is 0.667 bits per heavy atom. The lowest BCUT2D eigenvalue weighted by Gasteiger charge is -2.10. The van der Waals surface area contributed by atoms with Gasteiger partial charge in [0.05, 0.1) is 0 Å². The molecule has 0 fully saturated rings. The fraction of sp³-hybridized carbons (Fsp3) is 0.0526. The molecule has 0 unspecified atom stereocenters. The summed E-state index contributed by atoms with van der Waals surface area (Å²) in [5, 5.41) is 0. The highest BCUT2D eigenvalue weighted by Gasteiger charge is 2.21. The molecule has 0 heterocycles. The summed E-state index contributed by atoms with van der Waals surface area (Å²) in [6.45, 7) is 0. The van der Waals surface area contributed by atoms with Crippen LogP contribution in [0.15, 0.2) is 69.6 Å². The van der Waals surface area contributed by atoms with Crippen LogP contribution in [0, 0.1) is 0 Å². The Bertz CT molecular complexity index is 830. The van der Waals surface area contributed by atoms with Gasteiger partial charge in [-0.15, -0.1) is 0 Å². The summed E-state index contributed by atoms with van der Waals surface area (Å²) in [5.41, 5.74) is 8.19. The Kier molecular flexibility index (Phi) is 3.24. The summed E-state index contributed by atoms with van der Waals surface area (Å²) < 4.78 is 2.19. The lowest BCUT2D eigenvalue weighted by Crippen LogP contribution is -1.88. The molecule has 0 radical (unpaired) electrons. The average Bonchev–Trinajstić information content (AvgIpc) is 2.84. The second-order valence-corrected chi connectivity index (χ2v) is 7.16. The average molecular weight is 400 g/mol. The van der Waals surface area contributed by atoms with Crippen LogP contribution in [0.3, 0.4) is 0 Å². The van der Waals surface area contributed by atoms with Gasteiger partial charge in [0.1, 0.15) is 0 Å². The molecule has 3 aromatic carbocycles. The van der Waals surface area contributed by atoms with E-state index in [1.807, 2.05) is 0 Å². The zero-order valence-corrected chi connectivity index (χ0v) is 14.4. The van der Waals surface area contributed by atoms with Crippen molar-refractivity contribution in [2.75, 3.05) is 0 Å². The first-order valence-corrected chi connectivity index (χ1v) is 8.47. The van der Waals surface area contributed by atoms with Gasteiger partial charge in [-0.25, -0.2) is 0 Å². The van der Waals surface area contributed by atoms with Crippen LogP contribution in [0.2, 0.25) is 0 Å². The van der Waals surface area contributed by atoms with E-state index in [0.717, 1.165) is 15.4 Å². The minimum absolute atomic E-state index is 1.02. The third-order valence-corrected chi connectivity index (χ3v) is 4.94. The molecule has 4 rings (SSSR count). The lowest BCUT2D eigenvalue weighted by molar-refractivity contribution is 1.26. The topological polar surface area (TPSA) is 0 Å². The van der Waals surface area contributed by atoms with Gasteiger partial charge in [0.15, 0.2) is 0 Å². The summed E-state index contributed by atoms with van der Waals surface area (Å²) >= 11 is 7.18. The van der Waals surface area contributed by atoms with Crippen molar-refractivity contribution in [1.82, 2.24) is 0 Å². The summed E-state index contributed by atoms with van der Waals surface area (Å²) in [7, 11) is 0. The molecular formula is C19H12Br2. The van der Waals surface area contributed by atoms with Crippen molar-refractivity contribution in [3.05, 3.63) is 80.7 Å². The molecule has 0 saturated heterocycles. The fourth-order valence-corrected chi connectivity index (χ4v) is 4.43. The minimum atomic E-state index is 1.02. The molecule has 21 heavy (non-hydrogen) atoms. The SMILES string of the molecule is Brc1cc(Br)cc(-c2cccc3c2Cc2ccccc2-3)c1. The highest BCUT2D eigenvalue weighted by molar-refractivity contribution is 9.11. The second kappa shape index (κ2) is 5.11. The van der Waals surface area contributed by atoms with Crippen LogP contribution in [0.25, 0.3) is 22.3 Å². The van der Waals surface area contributed by atoms with Gasteiger partial charge in [-0.05, 0) is 58.0 Å². The van der Waals surface area contributed by atoms with E-state index in [2.05, 4.69) is 92.5 Å². The van der Waals surface area contributed by atoms with Gasteiger partial charge in [-0.3, -0.25) is 0 Å². The molecule has 0 aliphatic heterocycles. The molecule has 0 saturated carbocycles. The molecule has 1 aliphatic carbocycles. The molecule has 102 valence electrons. The molecule has 0 nitrogen and oxygen atoms in total. The second-order valence-electron chi connectivity index (χ2n) is 5.32. The minimum Gasteiger partial charge on any atom is -0.0619 e. The van der Waals surface area contributed by atoms with Crippen LogP contribution in [-0.4, -0.2) is 0 Å². The maximum atomic E-state index is 3.59. The number of fused-ring (bicyclic) bond motifs is 3. The van der Waals surface area contributed by atoms with Crippen molar-refractivity contribution >= 4 is 31.9 Å². The van der Waals surface area contributed by atoms with E-state index in [-0.39, 0.29) is 0 Å². The Hall–Kier alpha value is -1.38. The quantitative estimate of drug-likeness (QED) is 0.345. The van der Waals surface area contributed by atoms with Crippen molar-refractivity contribution in [3.63, 3.8) is 0 Å². The van der Waals surface area contributed by atoms with Gasteiger partial charge >= 0.3 is 0 Å². The van der Waals surface area contributed by atoms with E-state index in [0.29, 0.717) is 0 Å². The van der Waals surface area contributed by atoms with Crippen LogP contribution in [0.4, 0.5) is 0 Å². The zero-order chi connectivity index (χ0) is 14.4. The maximum Gasteiger partial charge on any atom is 0.0192 e. The van der Waals surface area contributed by atoms with E-state index in [1.165, 1.54) is 33.4 Å². The number of hydrogen-bond acceptors (Lipinski definition) is 0. The maximum absolute atomic E-state index is 3.59. The lowest BCUT2D eigenvalue weighted by atomic mass is 9.96. The monoisotopic (exact) mass is 398 g/mol. The van der Waals surface area contributed by atoms with Crippen molar-refractivity contribution in [2.24, 2.45) is 0 Å². The summed E-state index contributed by atoms with van der Waals surface area (Å²) in [6, 6.07) is 21.8. The van der Waals surface area contributed by atoms with Gasteiger partial charge < -0.3 is 0 Å². The summed E-state index contributed by atoms with van der Waals surface area (Å²) in [4.78, 5) is 0. The van der Waals surface area contributed by atoms with Crippen molar-refractivity contribution in [2.45, 2.75) is 6.42 Å². The molecule has 0 N–H and O–H groups in total. The van der Waals surface area contributed by atoms with Crippen LogP contribution in [0.1, 0.15) is 11.1 Å². The first-order chi connectivity index (χ1) is 10.2. The Labute approximate surface area is 141 Å². The van der Waals surface area contributed by atoms with E-state index >= 15 is 0 Å². The predicted molar refractivity (Wildman–Crippen MR) is 95.5 cm³/mol. The van der Waals surface area contributed by atoms with Gasteiger partial charge in [0, 0.05) is 8.95 Å². The first kappa shape index (κ1) is 13.3. The van der Waals surface area contributed by atoms with Crippen molar-refractivity contribution < 1.29 is 0 Å². The molecule has 2 heteroatoms. The third-order valence-electron chi connectivity index (χ3n) is 4.02. The Morgan fingerprint density at radius 3 is 2.14 bits per heavy atom. The highest BCUT2D eigenvalue weighted by atomic mass is 79.9. The van der Waals surface area contributed by atoms with Crippen LogP contribution >= 0.6 is 31.9 Å². The number of rotatable bonds is 1. The van der Waals surface area contributed by atoms with Gasteiger partial charge in [0.25, 0.3) is 0 Å². The van der Waals surface area contributed by atoms with Gasteiger partial charge in [-0.2, -0.15) is 0 Å². The fourth-order valence-electron chi connectivity index (χ4n) is 3.14. The summed E-state index contributed by atoms with van der Waals surface area (Å²) in [5.74, 6) is 0. The third kappa shape index (κ3) is 2.27. The normalized spacial score (nSPS) is 12.1. The summed E-state index contributed by atoms with van der Waals surface area (Å²) in [6.07, 6.45) is 1.02. The van der Waals surface area contributed by atoms with E-state index in [9.17, 15) is 0 Å². The molecule has 0 atom stereocenters.